The number of unbranched alkanes of at least 4 members (excludes halogenated alkanes) is 15. The molecule has 2 fully saturated rings. The van der Waals surface area contributed by atoms with Gasteiger partial charge in [-0.05, 0) is 32.4 Å². The third kappa shape index (κ3) is 13.4. The molecule has 9 nitrogen and oxygen atoms in total. The number of rotatable bonds is 23. The number of terminal acetylenes is 1. The van der Waals surface area contributed by atoms with Gasteiger partial charge in [0.2, 0.25) is 0 Å². The molecule has 12 heteroatoms. The van der Waals surface area contributed by atoms with Crippen LogP contribution in [0.2, 0.25) is 0 Å². The Labute approximate surface area is 283 Å². The number of alkyl halides is 3. The van der Waals surface area contributed by atoms with Crippen molar-refractivity contribution in [3.05, 3.63) is 32.6 Å². The van der Waals surface area contributed by atoms with Crippen LogP contribution < -0.4 is 11.2 Å². The van der Waals surface area contributed by atoms with Crippen LogP contribution in [-0.2, 0) is 25.2 Å². The zero-order valence-electron chi connectivity index (χ0n) is 28.7. The van der Waals surface area contributed by atoms with Gasteiger partial charge in [0.1, 0.15) is 37.2 Å². The van der Waals surface area contributed by atoms with E-state index >= 15 is 0 Å². The van der Waals surface area contributed by atoms with Crippen LogP contribution in [0, 0.1) is 12.3 Å². The highest BCUT2D eigenvalue weighted by Crippen LogP contribution is 2.32. The van der Waals surface area contributed by atoms with E-state index in [0.717, 1.165) is 32.4 Å². The van der Waals surface area contributed by atoms with E-state index in [1.807, 2.05) is 0 Å². The van der Waals surface area contributed by atoms with Crippen molar-refractivity contribution in [2.45, 2.75) is 160 Å². The van der Waals surface area contributed by atoms with Gasteiger partial charge in [0.05, 0.1) is 6.10 Å². The molecule has 0 unspecified atom stereocenters. The van der Waals surface area contributed by atoms with Gasteiger partial charge in [0.15, 0.2) is 0 Å². The second-order valence-corrected chi connectivity index (χ2v) is 13.3. The molecule has 272 valence electrons. The number of hydrogen-bond donors (Lipinski definition) is 1. The highest BCUT2D eigenvalue weighted by Gasteiger charge is 2.41. The lowest BCUT2D eigenvalue weighted by Crippen LogP contribution is -2.40. The summed E-state index contributed by atoms with van der Waals surface area (Å²) in [6.07, 6.45) is 20.4. The van der Waals surface area contributed by atoms with Crippen molar-refractivity contribution in [3.63, 3.8) is 0 Å². The van der Waals surface area contributed by atoms with E-state index in [1.165, 1.54) is 89.9 Å². The Balaban J connectivity index is 1.35. The summed E-state index contributed by atoms with van der Waals surface area (Å²) in [5.41, 5.74) is -4.11. The average molecular weight is 684 g/mol. The third-order valence-corrected chi connectivity index (χ3v) is 9.47. The Hall–Kier alpha value is -2.62. The van der Waals surface area contributed by atoms with Gasteiger partial charge in [-0.25, -0.2) is 4.79 Å². The number of hydrogen-bond acceptors (Lipinski definition) is 7. The Bertz CT molecular complexity index is 1240. The number of aromatic nitrogens is 2. The van der Waals surface area contributed by atoms with Gasteiger partial charge in [-0.3, -0.25) is 24.0 Å². The highest BCUT2D eigenvalue weighted by atomic mass is 19.4. The molecule has 2 aliphatic heterocycles. The zero-order chi connectivity index (χ0) is 34.8. The first-order valence-corrected chi connectivity index (χ1v) is 18.2. The van der Waals surface area contributed by atoms with Crippen LogP contribution in [-0.4, -0.2) is 65.0 Å². The number of H-pyrrole nitrogens is 1. The van der Waals surface area contributed by atoms with Gasteiger partial charge in [0.25, 0.3) is 5.56 Å². The van der Waals surface area contributed by atoms with Gasteiger partial charge < -0.3 is 14.2 Å². The minimum absolute atomic E-state index is 0.0258. The van der Waals surface area contributed by atoms with Crippen LogP contribution in [0.5, 0.6) is 0 Å². The summed E-state index contributed by atoms with van der Waals surface area (Å²) in [7, 11) is 0. The van der Waals surface area contributed by atoms with E-state index in [1.54, 1.807) is 4.98 Å². The average Bonchev–Trinajstić information content (AvgIpc) is 3.69. The molecular weight excluding hydrogens is 627 g/mol. The molecule has 1 N–H and O–H groups in total. The first kappa shape index (κ1) is 39.8. The Morgan fingerprint density at radius 1 is 0.979 bits per heavy atom. The first-order chi connectivity index (χ1) is 23.2. The van der Waals surface area contributed by atoms with Crippen molar-refractivity contribution in [3.8, 4) is 12.3 Å². The first-order valence-electron chi connectivity index (χ1n) is 18.2. The van der Waals surface area contributed by atoms with E-state index < -0.39 is 41.4 Å². The lowest BCUT2D eigenvalue weighted by Gasteiger charge is -2.24. The van der Waals surface area contributed by atoms with E-state index in [4.69, 9.17) is 20.6 Å². The molecule has 1 aromatic rings. The molecule has 3 rings (SSSR count). The molecule has 3 heterocycles. The van der Waals surface area contributed by atoms with Crippen LogP contribution >= 0.6 is 0 Å². The summed E-state index contributed by atoms with van der Waals surface area (Å²) in [6.45, 7) is 3.59. The molecular formula is C36H56F3N3O6. The van der Waals surface area contributed by atoms with Crippen molar-refractivity contribution in [1.82, 2.24) is 14.5 Å². The summed E-state index contributed by atoms with van der Waals surface area (Å²) < 4.78 is 57.7. The molecule has 4 atom stereocenters. The fourth-order valence-electron chi connectivity index (χ4n) is 6.74. The Morgan fingerprint density at radius 2 is 1.56 bits per heavy atom. The van der Waals surface area contributed by atoms with E-state index in [-0.39, 0.29) is 31.6 Å². The number of halogens is 3. The molecule has 1 aromatic heterocycles. The molecule has 0 spiro atoms. The number of aromatic amines is 1. The molecule has 0 radical (unpaired) electrons. The van der Waals surface area contributed by atoms with Crippen molar-refractivity contribution >= 4 is 5.97 Å². The predicted octanol–water partition coefficient (Wildman–Crippen LogP) is 7.13. The van der Waals surface area contributed by atoms with Gasteiger partial charge >= 0.3 is 17.8 Å². The maximum absolute atomic E-state index is 13.3. The second-order valence-electron chi connectivity index (χ2n) is 13.3. The van der Waals surface area contributed by atoms with Crippen LogP contribution in [0.15, 0.2) is 15.8 Å². The molecule has 0 aliphatic carbocycles. The monoisotopic (exact) mass is 683 g/mol. The topological polar surface area (TPSA) is 103 Å². The van der Waals surface area contributed by atoms with Crippen molar-refractivity contribution in [2.75, 3.05) is 26.3 Å². The predicted molar refractivity (Wildman–Crippen MR) is 179 cm³/mol. The van der Waals surface area contributed by atoms with Crippen molar-refractivity contribution in [1.29, 1.82) is 0 Å². The smallest absolute Gasteiger partial charge is 0.423 e. The highest BCUT2D eigenvalue weighted by molar-refractivity contribution is 5.76. The van der Waals surface area contributed by atoms with Crippen molar-refractivity contribution < 1.29 is 32.2 Å². The summed E-state index contributed by atoms with van der Waals surface area (Å²) in [6, 6.07) is -0.361. The van der Waals surface area contributed by atoms with Crippen LogP contribution in [0.25, 0.3) is 0 Å². The Kier molecular flexibility index (Phi) is 17.8. The fraction of sp³-hybridized carbons (Fsp3) is 0.806. The quantitative estimate of drug-likeness (QED) is 0.0744. The van der Waals surface area contributed by atoms with E-state index in [9.17, 15) is 27.6 Å². The van der Waals surface area contributed by atoms with E-state index in [0.29, 0.717) is 17.2 Å². The number of ether oxygens (including phenoxy) is 3. The normalized spacial score (nSPS) is 21.5. The summed E-state index contributed by atoms with van der Waals surface area (Å²) in [4.78, 5) is 41.0. The number of nitrogens with one attached hydrogen (secondary N) is 1. The summed E-state index contributed by atoms with van der Waals surface area (Å²) in [5, 5.41) is 0. The largest absolute Gasteiger partial charge is 0.462 e. The lowest BCUT2D eigenvalue weighted by atomic mass is 10.0. The van der Waals surface area contributed by atoms with Gasteiger partial charge in [-0.15, -0.1) is 6.42 Å². The number of likely N-dealkylation sites (tertiary alicyclic amines) is 1. The molecule has 0 saturated carbocycles. The zero-order valence-corrected chi connectivity index (χ0v) is 28.7. The molecule has 0 aromatic carbocycles. The maximum Gasteiger partial charge on any atom is 0.423 e. The second kappa shape index (κ2) is 21.5. The summed E-state index contributed by atoms with van der Waals surface area (Å²) >= 11 is 0. The molecule has 2 aliphatic rings. The molecule has 48 heavy (non-hydrogen) atoms. The number of nitrogens with zero attached hydrogens (tertiary/aromatic N) is 2. The third-order valence-electron chi connectivity index (χ3n) is 9.47. The van der Waals surface area contributed by atoms with Crippen LogP contribution in [0.3, 0.4) is 0 Å². The fourth-order valence-corrected chi connectivity index (χ4v) is 6.74. The molecule has 2 saturated heterocycles. The van der Waals surface area contributed by atoms with Crippen LogP contribution in [0.4, 0.5) is 13.2 Å². The minimum Gasteiger partial charge on any atom is -0.462 e. The number of esters is 1. The SMILES string of the molecule is C#CCO[C@H]1C[C@H](n2cc(C(F)(F)F)c(=O)[nH]c2=O)O[C@@H]1COC(=O)[C@@H]1CCCN1CCCCCCCCCCCCCCCCCC. The molecule has 0 amide bonds. The van der Waals surface area contributed by atoms with Crippen molar-refractivity contribution in [2.24, 2.45) is 0 Å². The van der Waals surface area contributed by atoms with Crippen LogP contribution in [0.1, 0.15) is 141 Å². The van der Waals surface area contributed by atoms with Gasteiger partial charge in [0, 0.05) is 12.6 Å². The Morgan fingerprint density at radius 3 is 2.12 bits per heavy atom. The van der Waals surface area contributed by atoms with E-state index in [2.05, 4.69) is 17.7 Å². The van der Waals surface area contributed by atoms with Gasteiger partial charge in [-0.2, -0.15) is 13.2 Å². The molecule has 0 bridgehead atoms. The standard InChI is InChI=1S/C36H56F3N3O6/c1-3-5-6-7-8-9-10-11-12-13-14-15-16-17-18-19-22-41-23-20-21-29(41)34(44)47-27-31-30(46-24-4-2)25-32(48-31)42-26-28(36(37,38)39)33(43)40-35(42)45/h2,26,29-32H,3,5-25,27H2,1H3,(H,40,43,45)/t29-,30-,31+,32+/m0/s1. The minimum atomic E-state index is -4.96. The summed E-state index contributed by atoms with van der Waals surface area (Å²) in [5.74, 6) is 1.95. The lowest BCUT2D eigenvalue weighted by molar-refractivity contribution is -0.156. The number of carbonyl (C=O) groups excluding carboxylic acids is 1. The number of carbonyl (C=O) groups is 1. The van der Waals surface area contributed by atoms with Gasteiger partial charge in [-0.1, -0.05) is 109 Å². The maximum atomic E-state index is 13.3.